The molecule has 0 radical (unpaired) electrons. The normalized spacial score (nSPS) is 11.7. The summed E-state index contributed by atoms with van der Waals surface area (Å²) in [5.41, 5.74) is 0.968. The molecule has 0 aliphatic heterocycles. The number of hydrogen-bond donors (Lipinski definition) is 2. The van der Waals surface area contributed by atoms with Gasteiger partial charge in [-0.1, -0.05) is 24.6 Å². The number of amides is 3. The quantitative estimate of drug-likeness (QED) is 0.637. The molecule has 0 aliphatic carbocycles. The summed E-state index contributed by atoms with van der Waals surface area (Å²) in [6.45, 7) is 4.99. The molecule has 1 aromatic heterocycles. The number of anilines is 1. The zero-order valence-electron chi connectivity index (χ0n) is 16.2. The van der Waals surface area contributed by atoms with Crippen LogP contribution in [-0.2, 0) is 11.3 Å². The first-order valence-corrected chi connectivity index (χ1v) is 10.2. The van der Waals surface area contributed by atoms with E-state index in [0.29, 0.717) is 34.6 Å². The second-order valence-corrected chi connectivity index (χ2v) is 7.64. The van der Waals surface area contributed by atoms with Crippen LogP contribution in [0, 0.1) is 0 Å². The highest BCUT2D eigenvalue weighted by molar-refractivity contribution is 7.09. The van der Waals surface area contributed by atoms with E-state index < -0.39 is 0 Å². The Kier molecular flexibility index (Phi) is 8.69. The van der Waals surface area contributed by atoms with Crippen molar-refractivity contribution in [2.45, 2.75) is 32.9 Å². The zero-order valence-corrected chi connectivity index (χ0v) is 17.8. The van der Waals surface area contributed by atoms with Crippen molar-refractivity contribution in [2.75, 3.05) is 25.6 Å². The van der Waals surface area contributed by atoms with Gasteiger partial charge in [-0.25, -0.2) is 9.78 Å². The molecule has 1 aromatic carbocycles. The largest absolute Gasteiger partial charge is 0.383 e. The summed E-state index contributed by atoms with van der Waals surface area (Å²) in [5, 5.41) is 8.62. The third kappa shape index (κ3) is 6.78. The van der Waals surface area contributed by atoms with Crippen LogP contribution in [0.25, 0.3) is 0 Å². The predicted octanol–water partition coefficient (Wildman–Crippen LogP) is 4.01. The molecule has 28 heavy (non-hydrogen) atoms. The Morgan fingerprint density at radius 1 is 1.39 bits per heavy atom. The Hall–Kier alpha value is -2.16. The molecule has 1 heterocycles. The van der Waals surface area contributed by atoms with E-state index in [-0.39, 0.29) is 24.5 Å². The summed E-state index contributed by atoms with van der Waals surface area (Å²) in [4.78, 5) is 30.8. The summed E-state index contributed by atoms with van der Waals surface area (Å²) >= 11 is 7.31. The highest BCUT2D eigenvalue weighted by Gasteiger charge is 2.18. The van der Waals surface area contributed by atoms with Gasteiger partial charge in [-0.2, -0.15) is 0 Å². The number of hydrogen-bond acceptors (Lipinski definition) is 5. The van der Waals surface area contributed by atoms with Crippen molar-refractivity contribution in [1.82, 2.24) is 15.2 Å². The van der Waals surface area contributed by atoms with Crippen molar-refractivity contribution in [3.8, 4) is 0 Å². The van der Waals surface area contributed by atoms with E-state index in [2.05, 4.69) is 15.6 Å². The van der Waals surface area contributed by atoms with Gasteiger partial charge in [0.1, 0.15) is 10.7 Å². The molecule has 0 fully saturated rings. The number of benzene rings is 1. The molecule has 0 unspecified atom stereocenters. The summed E-state index contributed by atoms with van der Waals surface area (Å²) in [6, 6.07) is 6.73. The number of carbonyl (C=O) groups excluding carboxylic acids is 2. The lowest BCUT2D eigenvalue weighted by atomic mass is 10.2. The number of thiazole rings is 1. The van der Waals surface area contributed by atoms with Gasteiger partial charge >= 0.3 is 6.03 Å². The molecular weight excluding hydrogens is 400 g/mol. The van der Waals surface area contributed by atoms with E-state index >= 15 is 0 Å². The number of nitrogens with one attached hydrogen (secondary N) is 2. The molecule has 7 nitrogen and oxygen atoms in total. The molecule has 0 saturated heterocycles. The summed E-state index contributed by atoms with van der Waals surface area (Å²) in [5.74, 6) is -0.205. The Bertz CT molecular complexity index is 799. The van der Waals surface area contributed by atoms with Crippen molar-refractivity contribution in [1.29, 1.82) is 0 Å². The van der Waals surface area contributed by atoms with Crippen LogP contribution in [0.3, 0.4) is 0 Å². The van der Waals surface area contributed by atoms with Crippen LogP contribution >= 0.6 is 22.9 Å². The molecule has 0 spiro atoms. The van der Waals surface area contributed by atoms with Crippen molar-refractivity contribution in [3.63, 3.8) is 0 Å². The van der Waals surface area contributed by atoms with Gasteiger partial charge < -0.3 is 20.3 Å². The van der Waals surface area contributed by atoms with Gasteiger partial charge in [0.05, 0.1) is 13.2 Å². The summed E-state index contributed by atoms with van der Waals surface area (Å²) in [6.07, 6.45) is 0.844. The number of halogens is 1. The Morgan fingerprint density at radius 3 is 2.86 bits per heavy atom. The molecular formula is C19H25ClN4O3S. The van der Waals surface area contributed by atoms with E-state index in [1.165, 1.54) is 11.3 Å². The average Bonchev–Trinajstić information content (AvgIpc) is 3.13. The minimum atomic E-state index is -0.292. The molecule has 0 saturated carbocycles. The highest BCUT2D eigenvalue weighted by atomic mass is 35.5. The van der Waals surface area contributed by atoms with Gasteiger partial charge in [-0.3, -0.25) is 4.79 Å². The maximum absolute atomic E-state index is 12.7. The van der Waals surface area contributed by atoms with Gasteiger partial charge in [0.25, 0.3) is 5.91 Å². The smallest absolute Gasteiger partial charge is 0.322 e. The van der Waals surface area contributed by atoms with Crippen LogP contribution in [0.15, 0.2) is 29.6 Å². The standard InChI is InChI=1S/C19H25ClN4O3S/c1-4-13(2)21-18(25)16-12-28-17(23-16)11-24(8-9-27-3)19(26)22-15-7-5-6-14(20)10-15/h5-7,10,12-13H,4,8-9,11H2,1-3H3,(H,21,25)(H,22,26)/t13-/m1/s1. The lowest BCUT2D eigenvalue weighted by molar-refractivity contribution is 0.0934. The molecule has 3 amide bonds. The Morgan fingerprint density at radius 2 is 2.18 bits per heavy atom. The number of nitrogens with zero attached hydrogens (tertiary/aromatic N) is 2. The first-order valence-electron chi connectivity index (χ1n) is 8.98. The van der Waals surface area contributed by atoms with E-state index in [1.54, 1.807) is 41.7 Å². The first kappa shape index (κ1) is 22.1. The van der Waals surface area contributed by atoms with E-state index in [1.807, 2.05) is 13.8 Å². The van der Waals surface area contributed by atoms with Crippen molar-refractivity contribution >= 4 is 40.6 Å². The molecule has 9 heteroatoms. The van der Waals surface area contributed by atoms with Crippen molar-refractivity contribution in [2.24, 2.45) is 0 Å². The second kappa shape index (κ2) is 11.0. The van der Waals surface area contributed by atoms with Crippen molar-refractivity contribution < 1.29 is 14.3 Å². The van der Waals surface area contributed by atoms with Crippen LogP contribution in [0.1, 0.15) is 35.8 Å². The molecule has 2 rings (SSSR count). The van der Waals surface area contributed by atoms with E-state index in [4.69, 9.17) is 16.3 Å². The van der Waals surface area contributed by atoms with Crippen molar-refractivity contribution in [3.05, 3.63) is 45.4 Å². The van der Waals surface area contributed by atoms with Gasteiger partial charge in [0, 0.05) is 35.8 Å². The van der Waals surface area contributed by atoms with E-state index in [0.717, 1.165) is 6.42 Å². The third-order valence-corrected chi connectivity index (χ3v) is 5.10. The van der Waals surface area contributed by atoms with Crippen LogP contribution in [0.4, 0.5) is 10.5 Å². The topological polar surface area (TPSA) is 83.6 Å². The molecule has 2 N–H and O–H groups in total. The molecule has 1 atom stereocenters. The number of methoxy groups -OCH3 is 1. The monoisotopic (exact) mass is 424 g/mol. The van der Waals surface area contributed by atoms with Gasteiger partial charge in [0.15, 0.2) is 0 Å². The highest BCUT2D eigenvalue weighted by Crippen LogP contribution is 2.17. The maximum atomic E-state index is 12.7. The van der Waals surface area contributed by atoms with Crippen LogP contribution in [-0.4, -0.2) is 48.1 Å². The molecule has 2 aromatic rings. The minimum absolute atomic E-state index is 0.0827. The van der Waals surface area contributed by atoms with E-state index in [9.17, 15) is 9.59 Å². The Balaban J connectivity index is 2.05. The Labute approximate surface area is 174 Å². The number of ether oxygens (including phenoxy) is 1. The zero-order chi connectivity index (χ0) is 20.5. The molecule has 0 aliphatic rings. The van der Waals surface area contributed by atoms with Crippen LogP contribution in [0.5, 0.6) is 0 Å². The lowest BCUT2D eigenvalue weighted by Crippen LogP contribution is -2.37. The first-order chi connectivity index (χ1) is 13.4. The van der Waals surface area contributed by atoms with Crippen LogP contribution < -0.4 is 10.6 Å². The number of carbonyl (C=O) groups is 2. The number of aromatic nitrogens is 1. The number of rotatable bonds is 9. The number of urea groups is 1. The molecule has 152 valence electrons. The summed E-state index contributed by atoms with van der Waals surface area (Å²) < 4.78 is 5.11. The fraction of sp³-hybridized carbons (Fsp3) is 0.421. The molecule has 0 bridgehead atoms. The second-order valence-electron chi connectivity index (χ2n) is 6.26. The average molecular weight is 425 g/mol. The van der Waals surface area contributed by atoms with Gasteiger partial charge in [0.2, 0.25) is 0 Å². The van der Waals surface area contributed by atoms with Crippen LogP contribution in [0.2, 0.25) is 5.02 Å². The summed E-state index contributed by atoms with van der Waals surface area (Å²) in [7, 11) is 1.58. The lowest BCUT2D eigenvalue weighted by Gasteiger charge is -2.22. The fourth-order valence-electron chi connectivity index (χ4n) is 2.27. The predicted molar refractivity (Wildman–Crippen MR) is 112 cm³/mol. The third-order valence-electron chi connectivity index (χ3n) is 4.03. The minimum Gasteiger partial charge on any atom is -0.383 e. The van der Waals surface area contributed by atoms with Gasteiger partial charge in [-0.15, -0.1) is 11.3 Å². The van der Waals surface area contributed by atoms with Gasteiger partial charge in [-0.05, 0) is 31.5 Å². The maximum Gasteiger partial charge on any atom is 0.322 e. The fourth-order valence-corrected chi connectivity index (χ4v) is 3.25. The SMILES string of the molecule is CC[C@@H](C)NC(=O)c1csc(CN(CCOC)C(=O)Nc2cccc(Cl)c2)n1.